The van der Waals surface area contributed by atoms with Gasteiger partial charge in [-0.1, -0.05) is 18.2 Å². The third kappa shape index (κ3) is 2.88. The van der Waals surface area contributed by atoms with Crippen LogP contribution in [0, 0.1) is 13.8 Å². The van der Waals surface area contributed by atoms with Crippen molar-refractivity contribution in [1.29, 1.82) is 0 Å². The van der Waals surface area contributed by atoms with Crippen molar-refractivity contribution >= 4 is 5.97 Å². The predicted molar refractivity (Wildman–Crippen MR) is 70.5 cm³/mol. The molecule has 19 heavy (non-hydrogen) atoms. The van der Waals surface area contributed by atoms with Crippen molar-refractivity contribution in [3.8, 4) is 0 Å². The van der Waals surface area contributed by atoms with Crippen LogP contribution in [0.25, 0.3) is 0 Å². The maximum Gasteiger partial charge on any atom is 0.356 e. The van der Waals surface area contributed by atoms with Gasteiger partial charge in [-0.3, -0.25) is 4.79 Å². The van der Waals surface area contributed by atoms with E-state index in [1.165, 1.54) is 17.7 Å². The SMILES string of the molecule is Cc1ccc(Cn2nc(C(=O)O)ccc2=O)cc1C. The second-order valence-electron chi connectivity index (χ2n) is 4.44. The van der Waals surface area contributed by atoms with E-state index in [1.807, 2.05) is 32.0 Å². The van der Waals surface area contributed by atoms with Gasteiger partial charge >= 0.3 is 5.97 Å². The molecule has 1 aromatic heterocycles. The molecular formula is C14H14N2O3. The maximum absolute atomic E-state index is 11.7. The molecule has 5 heteroatoms. The number of benzene rings is 1. The minimum atomic E-state index is -1.14. The zero-order valence-corrected chi connectivity index (χ0v) is 10.8. The Labute approximate surface area is 110 Å². The van der Waals surface area contributed by atoms with E-state index in [4.69, 9.17) is 5.11 Å². The first-order valence-electron chi connectivity index (χ1n) is 5.85. The smallest absolute Gasteiger partial charge is 0.356 e. The fraction of sp³-hybridized carbons (Fsp3) is 0.214. The third-order valence-corrected chi connectivity index (χ3v) is 2.99. The van der Waals surface area contributed by atoms with Crippen LogP contribution in [0.2, 0.25) is 0 Å². The van der Waals surface area contributed by atoms with Crippen molar-refractivity contribution < 1.29 is 9.90 Å². The standard InChI is InChI=1S/C14H14N2O3/c1-9-3-4-11(7-10(9)2)8-16-13(17)6-5-12(15-16)14(18)19/h3-7H,8H2,1-2H3,(H,18,19). The van der Waals surface area contributed by atoms with E-state index in [1.54, 1.807) is 0 Å². The molecule has 0 aliphatic heterocycles. The lowest BCUT2D eigenvalue weighted by atomic mass is 10.1. The number of hydrogen-bond donors (Lipinski definition) is 1. The fourth-order valence-corrected chi connectivity index (χ4v) is 1.75. The molecule has 5 nitrogen and oxygen atoms in total. The minimum Gasteiger partial charge on any atom is -0.476 e. The largest absolute Gasteiger partial charge is 0.476 e. The molecule has 0 unspecified atom stereocenters. The average Bonchev–Trinajstić information content (AvgIpc) is 2.36. The molecule has 0 aliphatic rings. The van der Waals surface area contributed by atoms with Crippen molar-refractivity contribution in [2.45, 2.75) is 20.4 Å². The number of aryl methyl sites for hydroxylation is 2. The Bertz CT molecular complexity index is 689. The average molecular weight is 258 g/mol. The van der Waals surface area contributed by atoms with E-state index in [0.29, 0.717) is 0 Å². The van der Waals surface area contributed by atoms with E-state index in [2.05, 4.69) is 5.10 Å². The van der Waals surface area contributed by atoms with Crippen LogP contribution in [0.4, 0.5) is 0 Å². The molecule has 2 aromatic rings. The van der Waals surface area contributed by atoms with Crippen molar-refractivity contribution in [3.63, 3.8) is 0 Å². The molecule has 0 radical (unpaired) electrons. The third-order valence-electron chi connectivity index (χ3n) is 2.99. The number of nitrogens with zero attached hydrogens (tertiary/aromatic N) is 2. The van der Waals surface area contributed by atoms with Crippen LogP contribution in [0.5, 0.6) is 0 Å². The van der Waals surface area contributed by atoms with Gasteiger partial charge in [0, 0.05) is 6.07 Å². The summed E-state index contributed by atoms with van der Waals surface area (Å²) in [5.41, 5.74) is 2.76. The molecule has 0 spiro atoms. The second kappa shape index (κ2) is 5.06. The first-order chi connectivity index (χ1) is 8.97. The quantitative estimate of drug-likeness (QED) is 0.907. The van der Waals surface area contributed by atoms with Gasteiger partial charge in [0.1, 0.15) is 0 Å². The van der Waals surface area contributed by atoms with Crippen molar-refractivity contribution in [1.82, 2.24) is 9.78 Å². The number of aromatic carboxylic acids is 1. The molecule has 0 amide bonds. The van der Waals surface area contributed by atoms with Gasteiger partial charge in [0.15, 0.2) is 5.69 Å². The Morgan fingerprint density at radius 1 is 1.21 bits per heavy atom. The summed E-state index contributed by atoms with van der Waals surface area (Å²) < 4.78 is 1.16. The summed E-state index contributed by atoms with van der Waals surface area (Å²) in [7, 11) is 0. The minimum absolute atomic E-state index is 0.136. The summed E-state index contributed by atoms with van der Waals surface area (Å²) in [4.78, 5) is 22.5. The van der Waals surface area contributed by atoms with E-state index in [-0.39, 0.29) is 17.8 Å². The normalized spacial score (nSPS) is 10.4. The number of carbonyl (C=O) groups is 1. The van der Waals surface area contributed by atoms with Crippen molar-refractivity contribution in [3.05, 3.63) is 63.1 Å². The monoisotopic (exact) mass is 258 g/mol. The molecule has 1 aromatic carbocycles. The Hall–Kier alpha value is -2.43. The lowest BCUT2D eigenvalue weighted by Crippen LogP contribution is -2.24. The molecule has 1 N–H and O–H groups in total. The van der Waals surface area contributed by atoms with Crippen molar-refractivity contribution in [2.75, 3.05) is 0 Å². The van der Waals surface area contributed by atoms with Gasteiger partial charge < -0.3 is 5.11 Å². The van der Waals surface area contributed by atoms with E-state index >= 15 is 0 Å². The highest BCUT2D eigenvalue weighted by atomic mass is 16.4. The zero-order chi connectivity index (χ0) is 14.0. The number of carboxylic acids is 1. The van der Waals surface area contributed by atoms with Crippen LogP contribution >= 0.6 is 0 Å². The van der Waals surface area contributed by atoms with Gasteiger partial charge in [-0.2, -0.15) is 5.10 Å². The van der Waals surface area contributed by atoms with Gasteiger partial charge in [-0.15, -0.1) is 0 Å². The highest BCUT2D eigenvalue weighted by molar-refractivity contribution is 5.84. The molecule has 2 rings (SSSR count). The molecule has 0 atom stereocenters. The predicted octanol–water partition coefficient (Wildman–Crippen LogP) is 1.61. The van der Waals surface area contributed by atoms with Gasteiger partial charge in [-0.05, 0) is 36.6 Å². The summed E-state index contributed by atoms with van der Waals surface area (Å²) in [6.07, 6.45) is 0. The lowest BCUT2D eigenvalue weighted by molar-refractivity contribution is 0.0687. The van der Waals surface area contributed by atoms with Crippen LogP contribution in [0.3, 0.4) is 0 Å². The van der Waals surface area contributed by atoms with Gasteiger partial charge in [0.2, 0.25) is 0 Å². The Kier molecular flexibility index (Phi) is 3.46. The number of aromatic nitrogens is 2. The molecular weight excluding hydrogens is 244 g/mol. The van der Waals surface area contributed by atoms with Gasteiger partial charge in [-0.25, -0.2) is 9.48 Å². The maximum atomic E-state index is 11.7. The molecule has 1 heterocycles. The van der Waals surface area contributed by atoms with Crippen LogP contribution in [-0.2, 0) is 6.54 Å². The fourth-order valence-electron chi connectivity index (χ4n) is 1.75. The highest BCUT2D eigenvalue weighted by Gasteiger charge is 2.07. The zero-order valence-electron chi connectivity index (χ0n) is 10.8. The Morgan fingerprint density at radius 3 is 2.58 bits per heavy atom. The first kappa shape index (κ1) is 13.0. The summed E-state index contributed by atoms with van der Waals surface area (Å²) in [5, 5.41) is 12.7. The van der Waals surface area contributed by atoms with Crippen LogP contribution in [-0.4, -0.2) is 20.9 Å². The van der Waals surface area contributed by atoms with Gasteiger partial charge in [0.25, 0.3) is 5.56 Å². The number of rotatable bonds is 3. The lowest BCUT2D eigenvalue weighted by Gasteiger charge is -2.07. The number of hydrogen-bond acceptors (Lipinski definition) is 3. The summed E-state index contributed by atoms with van der Waals surface area (Å²) in [6.45, 7) is 4.26. The summed E-state index contributed by atoms with van der Waals surface area (Å²) >= 11 is 0. The molecule has 0 fully saturated rings. The van der Waals surface area contributed by atoms with E-state index in [0.717, 1.165) is 15.8 Å². The van der Waals surface area contributed by atoms with Crippen molar-refractivity contribution in [2.24, 2.45) is 0 Å². The molecule has 0 saturated heterocycles. The summed E-state index contributed by atoms with van der Waals surface area (Å²) in [6, 6.07) is 8.27. The number of carboxylic acid groups (broad SMARTS) is 1. The second-order valence-corrected chi connectivity index (χ2v) is 4.44. The van der Waals surface area contributed by atoms with Crippen LogP contribution in [0.15, 0.2) is 35.1 Å². The molecule has 98 valence electrons. The molecule has 0 saturated carbocycles. The molecule has 0 bridgehead atoms. The highest BCUT2D eigenvalue weighted by Crippen LogP contribution is 2.10. The topological polar surface area (TPSA) is 72.2 Å². The molecule has 0 aliphatic carbocycles. The Morgan fingerprint density at radius 2 is 1.95 bits per heavy atom. The Balaban J connectivity index is 2.37. The first-order valence-corrected chi connectivity index (χ1v) is 5.85. The van der Waals surface area contributed by atoms with Crippen LogP contribution < -0.4 is 5.56 Å². The van der Waals surface area contributed by atoms with Crippen LogP contribution in [0.1, 0.15) is 27.2 Å². The van der Waals surface area contributed by atoms with E-state index < -0.39 is 5.97 Å². The summed E-state index contributed by atoms with van der Waals surface area (Å²) in [5.74, 6) is -1.14. The van der Waals surface area contributed by atoms with Gasteiger partial charge in [0.05, 0.1) is 6.54 Å². The van der Waals surface area contributed by atoms with E-state index in [9.17, 15) is 9.59 Å².